The molecule has 2 aromatic heterocycles. The zero-order valence-corrected chi connectivity index (χ0v) is 14.6. The molecule has 1 fully saturated rings. The predicted octanol–water partition coefficient (Wildman–Crippen LogP) is 2.82. The van der Waals surface area contributed by atoms with Gasteiger partial charge in [0.2, 0.25) is 11.8 Å². The number of ether oxygens (including phenoxy) is 1. The molecule has 0 saturated carbocycles. The largest absolute Gasteiger partial charge is 0.497 e. The Morgan fingerprint density at radius 1 is 1.24 bits per heavy atom. The smallest absolute Gasteiger partial charge is 0.231 e. The molecule has 132 valence electrons. The zero-order valence-electron chi connectivity index (χ0n) is 13.8. The van der Waals surface area contributed by atoms with Gasteiger partial charge in [0.1, 0.15) is 12.0 Å². The number of methoxy groups -OCH3 is 1. The van der Waals surface area contributed by atoms with Crippen molar-refractivity contribution >= 4 is 12.4 Å². The molecule has 4 rings (SSSR count). The van der Waals surface area contributed by atoms with Crippen LogP contribution >= 0.6 is 12.4 Å². The Balaban J connectivity index is 0.00000182. The summed E-state index contributed by atoms with van der Waals surface area (Å²) >= 11 is 0. The van der Waals surface area contributed by atoms with E-state index >= 15 is 0 Å². The van der Waals surface area contributed by atoms with E-state index in [2.05, 4.69) is 20.4 Å². The standard InChI is InChI=1S/C17H18N4O3.ClH/c1-22-14-4-2-11(3-5-14)16-19-13(10-23-16)8-15-20-17(24-21-15)12-6-7-18-9-12;/h2-5,10,12,18H,6-9H2,1H3;1H/t12-;/m1./s1. The first-order valence-electron chi connectivity index (χ1n) is 7.94. The molecule has 7 nitrogen and oxygen atoms in total. The number of nitrogens with one attached hydrogen (secondary N) is 1. The van der Waals surface area contributed by atoms with E-state index < -0.39 is 0 Å². The molecule has 25 heavy (non-hydrogen) atoms. The lowest BCUT2D eigenvalue weighted by atomic mass is 10.1. The lowest BCUT2D eigenvalue weighted by molar-refractivity contribution is 0.355. The summed E-state index contributed by atoms with van der Waals surface area (Å²) in [4.78, 5) is 8.97. The van der Waals surface area contributed by atoms with Crippen molar-refractivity contribution in [2.75, 3.05) is 20.2 Å². The maximum atomic E-state index is 5.55. The first-order chi connectivity index (χ1) is 11.8. The van der Waals surface area contributed by atoms with Crippen molar-refractivity contribution in [3.63, 3.8) is 0 Å². The highest BCUT2D eigenvalue weighted by Gasteiger charge is 2.23. The maximum absolute atomic E-state index is 5.55. The zero-order chi connectivity index (χ0) is 16.4. The molecule has 1 atom stereocenters. The molecule has 3 aromatic rings. The Labute approximate surface area is 151 Å². The van der Waals surface area contributed by atoms with Crippen LogP contribution in [0.2, 0.25) is 0 Å². The molecule has 1 saturated heterocycles. The van der Waals surface area contributed by atoms with Gasteiger partial charge in [-0.05, 0) is 37.2 Å². The number of hydrogen-bond acceptors (Lipinski definition) is 7. The number of benzene rings is 1. The SMILES string of the molecule is COc1ccc(-c2nc(Cc3noc([C@@H]4CCNC4)n3)co2)cc1.Cl. The fraction of sp³-hybridized carbons (Fsp3) is 0.353. The molecule has 0 unspecified atom stereocenters. The quantitative estimate of drug-likeness (QED) is 0.746. The topological polar surface area (TPSA) is 86.2 Å². The average molecular weight is 363 g/mol. The summed E-state index contributed by atoms with van der Waals surface area (Å²) in [6.45, 7) is 1.89. The minimum absolute atomic E-state index is 0. The molecule has 1 aliphatic heterocycles. The third-order valence-electron chi connectivity index (χ3n) is 4.12. The molecule has 0 radical (unpaired) electrons. The van der Waals surface area contributed by atoms with Crippen LogP contribution in [0.4, 0.5) is 0 Å². The Morgan fingerprint density at radius 3 is 2.80 bits per heavy atom. The normalized spacial score (nSPS) is 16.6. The van der Waals surface area contributed by atoms with Crippen LogP contribution < -0.4 is 10.1 Å². The van der Waals surface area contributed by atoms with Gasteiger partial charge in [-0.1, -0.05) is 5.16 Å². The molecule has 1 aromatic carbocycles. The van der Waals surface area contributed by atoms with Crippen LogP contribution in [0, 0.1) is 0 Å². The third-order valence-corrected chi connectivity index (χ3v) is 4.12. The molecular weight excluding hydrogens is 344 g/mol. The summed E-state index contributed by atoms with van der Waals surface area (Å²) in [6.07, 6.45) is 3.16. The van der Waals surface area contributed by atoms with Gasteiger partial charge in [-0.15, -0.1) is 12.4 Å². The van der Waals surface area contributed by atoms with Gasteiger partial charge in [0, 0.05) is 12.1 Å². The second-order valence-corrected chi connectivity index (χ2v) is 5.79. The van der Waals surface area contributed by atoms with E-state index in [0.717, 1.165) is 36.5 Å². The van der Waals surface area contributed by atoms with E-state index in [4.69, 9.17) is 13.7 Å². The summed E-state index contributed by atoms with van der Waals surface area (Å²) < 4.78 is 16.1. The Morgan fingerprint density at radius 2 is 2.08 bits per heavy atom. The van der Waals surface area contributed by atoms with E-state index in [0.29, 0.717) is 29.9 Å². The molecule has 8 heteroatoms. The van der Waals surface area contributed by atoms with Gasteiger partial charge >= 0.3 is 0 Å². The summed E-state index contributed by atoms with van der Waals surface area (Å²) in [5, 5.41) is 7.34. The van der Waals surface area contributed by atoms with Crippen LogP contribution in [0.15, 0.2) is 39.5 Å². The van der Waals surface area contributed by atoms with Gasteiger partial charge in [-0.2, -0.15) is 4.98 Å². The fourth-order valence-electron chi connectivity index (χ4n) is 2.79. The van der Waals surface area contributed by atoms with Crippen molar-refractivity contribution in [1.82, 2.24) is 20.4 Å². The van der Waals surface area contributed by atoms with Crippen molar-refractivity contribution in [3.05, 3.63) is 47.9 Å². The average Bonchev–Trinajstić information content (AvgIpc) is 3.37. The van der Waals surface area contributed by atoms with Crippen molar-refractivity contribution in [2.45, 2.75) is 18.8 Å². The predicted molar refractivity (Wildman–Crippen MR) is 93.1 cm³/mol. The summed E-state index contributed by atoms with van der Waals surface area (Å²) in [5.41, 5.74) is 1.67. The fourth-order valence-corrected chi connectivity index (χ4v) is 2.79. The summed E-state index contributed by atoms with van der Waals surface area (Å²) in [6, 6.07) is 7.57. The second-order valence-electron chi connectivity index (χ2n) is 5.79. The van der Waals surface area contributed by atoms with E-state index in [9.17, 15) is 0 Å². The highest BCUT2D eigenvalue weighted by Crippen LogP contribution is 2.23. The van der Waals surface area contributed by atoms with Crippen LogP contribution in [0.3, 0.4) is 0 Å². The Bertz CT molecular complexity index is 809. The minimum atomic E-state index is 0. The molecule has 1 aliphatic rings. The van der Waals surface area contributed by atoms with E-state index in [1.54, 1.807) is 13.4 Å². The Hall–Kier alpha value is -2.38. The van der Waals surface area contributed by atoms with Crippen LogP contribution in [0.5, 0.6) is 5.75 Å². The van der Waals surface area contributed by atoms with Crippen molar-refractivity contribution in [1.29, 1.82) is 0 Å². The van der Waals surface area contributed by atoms with Crippen molar-refractivity contribution < 1.29 is 13.7 Å². The van der Waals surface area contributed by atoms with Crippen molar-refractivity contribution in [3.8, 4) is 17.2 Å². The van der Waals surface area contributed by atoms with Crippen LogP contribution in [0.1, 0.15) is 29.7 Å². The van der Waals surface area contributed by atoms with Gasteiger partial charge in [-0.25, -0.2) is 4.98 Å². The van der Waals surface area contributed by atoms with Crippen molar-refractivity contribution in [2.24, 2.45) is 0 Å². The van der Waals surface area contributed by atoms with Gasteiger partial charge in [0.15, 0.2) is 5.82 Å². The molecule has 0 bridgehead atoms. The van der Waals surface area contributed by atoms with Crippen LogP contribution in [-0.4, -0.2) is 35.3 Å². The number of oxazole rings is 1. The third kappa shape index (κ3) is 3.83. The van der Waals surface area contributed by atoms with Gasteiger partial charge < -0.3 is 19.0 Å². The number of rotatable bonds is 5. The molecule has 0 spiro atoms. The number of halogens is 1. The Kier molecular flexibility index (Phi) is 5.35. The van der Waals surface area contributed by atoms with Crippen LogP contribution in [0.25, 0.3) is 11.5 Å². The van der Waals surface area contributed by atoms with E-state index in [1.807, 2.05) is 24.3 Å². The number of aromatic nitrogens is 3. The summed E-state index contributed by atoms with van der Waals surface area (Å²) in [7, 11) is 1.64. The van der Waals surface area contributed by atoms with Gasteiger partial charge in [-0.3, -0.25) is 0 Å². The van der Waals surface area contributed by atoms with Gasteiger partial charge in [0.25, 0.3) is 0 Å². The lowest BCUT2D eigenvalue weighted by Gasteiger charge is -1.99. The minimum Gasteiger partial charge on any atom is -0.497 e. The summed E-state index contributed by atoms with van der Waals surface area (Å²) in [5.74, 6) is 3.02. The van der Waals surface area contributed by atoms with E-state index in [-0.39, 0.29) is 12.4 Å². The number of hydrogen-bond donors (Lipinski definition) is 1. The number of nitrogens with zero attached hydrogens (tertiary/aromatic N) is 3. The highest BCUT2D eigenvalue weighted by molar-refractivity contribution is 5.85. The monoisotopic (exact) mass is 362 g/mol. The van der Waals surface area contributed by atoms with E-state index in [1.165, 1.54) is 0 Å². The molecule has 0 aliphatic carbocycles. The second kappa shape index (κ2) is 7.67. The molecule has 1 N–H and O–H groups in total. The van der Waals surface area contributed by atoms with Crippen LogP contribution in [-0.2, 0) is 6.42 Å². The van der Waals surface area contributed by atoms with Gasteiger partial charge in [0.05, 0.1) is 25.1 Å². The first-order valence-corrected chi connectivity index (χ1v) is 7.94. The highest BCUT2D eigenvalue weighted by atomic mass is 35.5. The molecular formula is C17H19ClN4O3. The molecule has 3 heterocycles. The maximum Gasteiger partial charge on any atom is 0.231 e. The lowest BCUT2D eigenvalue weighted by Crippen LogP contribution is -2.08. The molecule has 0 amide bonds. The first kappa shape index (κ1) is 17.4.